The molecule has 1 fully saturated rings. The number of carbonyl (C=O) groups excluding carboxylic acids is 3. The summed E-state index contributed by atoms with van der Waals surface area (Å²) in [6.45, 7) is 6.32. The van der Waals surface area contributed by atoms with E-state index in [1.165, 1.54) is 17.5 Å². The summed E-state index contributed by atoms with van der Waals surface area (Å²) in [6.07, 6.45) is 4.64. The van der Waals surface area contributed by atoms with Gasteiger partial charge in [-0.1, -0.05) is 42.0 Å². The van der Waals surface area contributed by atoms with Gasteiger partial charge in [0.1, 0.15) is 11.5 Å². The highest BCUT2D eigenvalue weighted by Crippen LogP contribution is 2.35. The van der Waals surface area contributed by atoms with Gasteiger partial charge in [0.2, 0.25) is 0 Å². The summed E-state index contributed by atoms with van der Waals surface area (Å²) < 4.78 is 7.07. The lowest BCUT2D eigenvalue weighted by molar-refractivity contribution is -0.142. The van der Waals surface area contributed by atoms with Gasteiger partial charge in [-0.2, -0.15) is 0 Å². The van der Waals surface area contributed by atoms with Crippen molar-refractivity contribution in [2.24, 2.45) is 7.05 Å². The molecule has 2 aromatic carbocycles. The molecule has 5 aromatic rings. The Balaban J connectivity index is 1.12. The largest absolute Gasteiger partial charge is 0.466 e. The second-order valence-electron chi connectivity index (χ2n) is 10.8. The summed E-state index contributed by atoms with van der Waals surface area (Å²) in [4.78, 5) is 56.2. The molecule has 1 aliphatic heterocycles. The zero-order chi connectivity index (χ0) is 31.5. The Morgan fingerprint density at radius 3 is 2.44 bits per heavy atom. The van der Waals surface area contributed by atoms with Crippen LogP contribution >= 0.6 is 11.3 Å². The van der Waals surface area contributed by atoms with Gasteiger partial charge in [0.25, 0.3) is 11.8 Å². The van der Waals surface area contributed by atoms with Gasteiger partial charge < -0.3 is 19.1 Å². The van der Waals surface area contributed by atoms with E-state index in [0.717, 1.165) is 33.3 Å². The molecule has 12 heteroatoms. The SMILES string of the molecule is CCOC(=O)Cc1cnc(NC(=O)c2cnc(N3CCN(C(=O)c4c(-c5ccccc5)n(C)c5ccc(C)cc45)CC3)cn2)s1. The number of nitrogens with zero attached hydrogens (tertiary/aromatic N) is 6. The smallest absolute Gasteiger partial charge is 0.311 e. The first-order valence-corrected chi connectivity index (χ1v) is 15.6. The zero-order valence-electron chi connectivity index (χ0n) is 25.3. The van der Waals surface area contributed by atoms with Crippen LogP contribution in [0.25, 0.3) is 22.2 Å². The van der Waals surface area contributed by atoms with E-state index in [2.05, 4.69) is 47.9 Å². The number of aryl methyl sites for hydroxylation is 2. The predicted octanol–water partition coefficient (Wildman–Crippen LogP) is 4.72. The summed E-state index contributed by atoms with van der Waals surface area (Å²) in [5.41, 5.74) is 4.91. The third-order valence-corrected chi connectivity index (χ3v) is 8.69. The Morgan fingerprint density at radius 1 is 0.956 bits per heavy atom. The molecular formula is C33H33N7O4S. The number of ether oxygens (including phenoxy) is 1. The third-order valence-electron chi connectivity index (χ3n) is 7.78. The highest BCUT2D eigenvalue weighted by molar-refractivity contribution is 7.15. The Hall–Kier alpha value is -5.10. The van der Waals surface area contributed by atoms with E-state index in [-0.39, 0.29) is 24.0 Å². The third kappa shape index (κ3) is 6.27. The lowest BCUT2D eigenvalue weighted by Crippen LogP contribution is -2.49. The number of piperazine rings is 1. The average Bonchev–Trinajstić information content (AvgIpc) is 3.61. The Morgan fingerprint density at radius 2 is 1.73 bits per heavy atom. The zero-order valence-corrected chi connectivity index (χ0v) is 26.1. The Bertz CT molecular complexity index is 1860. The van der Waals surface area contributed by atoms with Crippen molar-refractivity contribution in [2.75, 3.05) is 43.0 Å². The molecule has 1 aliphatic rings. The summed E-state index contributed by atoms with van der Waals surface area (Å²) in [5, 5.41) is 4.02. The quantitative estimate of drug-likeness (QED) is 0.247. The average molecular weight is 624 g/mol. The van der Waals surface area contributed by atoms with Gasteiger partial charge in [0, 0.05) is 55.2 Å². The second kappa shape index (κ2) is 12.9. The van der Waals surface area contributed by atoms with Crippen LogP contribution in [0.5, 0.6) is 0 Å². The van der Waals surface area contributed by atoms with E-state index < -0.39 is 5.91 Å². The summed E-state index contributed by atoms with van der Waals surface area (Å²) in [7, 11) is 2.01. The van der Waals surface area contributed by atoms with Crippen LogP contribution < -0.4 is 10.2 Å². The van der Waals surface area contributed by atoms with E-state index in [0.29, 0.717) is 48.6 Å². The first-order valence-electron chi connectivity index (χ1n) is 14.7. The number of hydrogen-bond acceptors (Lipinski definition) is 9. The van der Waals surface area contributed by atoms with Crippen molar-refractivity contribution in [1.29, 1.82) is 0 Å². The van der Waals surface area contributed by atoms with Gasteiger partial charge in [0.15, 0.2) is 5.13 Å². The first-order chi connectivity index (χ1) is 21.8. The molecule has 0 spiro atoms. The minimum Gasteiger partial charge on any atom is -0.466 e. The molecular weight excluding hydrogens is 590 g/mol. The minimum atomic E-state index is -0.443. The van der Waals surface area contributed by atoms with Crippen molar-refractivity contribution >= 4 is 51.0 Å². The number of hydrogen-bond donors (Lipinski definition) is 1. The molecule has 0 atom stereocenters. The molecule has 0 unspecified atom stereocenters. The monoisotopic (exact) mass is 623 g/mol. The number of nitrogens with one attached hydrogen (secondary N) is 1. The highest BCUT2D eigenvalue weighted by Gasteiger charge is 2.29. The molecule has 4 heterocycles. The van der Waals surface area contributed by atoms with Gasteiger partial charge in [-0.15, -0.1) is 11.3 Å². The van der Waals surface area contributed by atoms with Gasteiger partial charge >= 0.3 is 5.97 Å². The van der Waals surface area contributed by atoms with Crippen molar-refractivity contribution in [3.8, 4) is 11.3 Å². The Labute approximate surface area is 264 Å². The molecule has 6 rings (SSSR count). The molecule has 0 saturated carbocycles. The number of esters is 1. The normalized spacial score (nSPS) is 13.2. The van der Waals surface area contributed by atoms with E-state index in [1.807, 2.05) is 49.2 Å². The van der Waals surface area contributed by atoms with Crippen molar-refractivity contribution in [3.63, 3.8) is 0 Å². The number of fused-ring (bicyclic) bond motifs is 1. The first kappa shape index (κ1) is 29.9. The van der Waals surface area contributed by atoms with E-state index >= 15 is 0 Å². The van der Waals surface area contributed by atoms with E-state index in [9.17, 15) is 14.4 Å². The van der Waals surface area contributed by atoms with Crippen LogP contribution in [0.3, 0.4) is 0 Å². The fraction of sp³-hybridized carbons (Fsp3) is 0.273. The molecule has 2 amide bonds. The van der Waals surface area contributed by atoms with Crippen LogP contribution in [0.15, 0.2) is 67.1 Å². The van der Waals surface area contributed by atoms with E-state index in [4.69, 9.17) is 4.74 Å². The lowest BCUT2D eigenvalue weighted by atomic mass is 10.0. The highest BCUT2D eigenvalue weighted by atomic mass is 32.1. The fourth-order valence-electron chi connectivity index (χ4n) is 5.57. The number of amides is 2. The number of thiazole rings is 1. The number of benzene rings is 2. The molecule has 1 saturated heterocycles. The van der Waals surface area contributed by atoms with Gasteiger partial charge in [-0.25, -0.2) is 15.0 Å². The van der Waals surface area contributed by atoms with Crippen LogP contribution in [-0.2, 0) is 23.0 Å². The van der Waals surface area contributed by atoms with E-state index in [1.54, 1.807) is 19.3 Å². The van der Waals surface area contributed by atoms with Gasteiger partial charge in [-0.05, 0) is 31.5 Å². The lowest BCUT2D eigenvalue weighted by Gasteiger charge is -2.35. The maximum atomic E-state index is 14.1. The van der Waals surface area contributed by atoms with Crippen LogP contribution in [0.4, 0.5) is 10.9 Å². The molecule has 0 aliphatic carbocycles. The second-order valence-corrected chi connectivity index (χ2v) is 11.9. The summed E-state index contributed by atoms with van der Waals surface area (Å²) >= 11 is 1.20. The number of anilines is 2. The maximum Gasteiger partial charge on any atom is 0.311 e. The van der Waals surface area contributed by atoms with Gasteiger partial charge in [0.05, 0.1) is 36.7 Å². The number of rotatable bonds is 8. The van der Waals surface area contributed by atoms with Crippen LogP contribution in [0.2, 0.25) is 0 Å². The number of carbonyl (C=O) groups is 3. The molecule has 1 N–H and O–H groups in total. The minimum absolute atomic E-state index is 0.00964. The van der Waals surface area contributed by atoms with Crippen molar-refractivity contribution in [3.05, 3.63) is 88.8 Å². The topological polar surface area (TPSA) is 123 Å². The van der Waals surface area contributed by atoms with Crippen molar-refractivity contribution in [2.45, 2.75) is 20.3 Å². The molecule has 45 heavy (non-hydrogen) atoms. The standard InChI is InChI=1S/C33H33N7O4S/c1-4-44-28(41)17-23-18-36-33(45-23)37-31(42)25-19-35-27(20-34-25)39-12-14-40(15-13-39)32(43)29-24-16-21(2)10-11-26(24)38(3)30(29)22-8-6-5-7-9-22/h5-11,16,18-20H,4,12-15,17H2,1-3H3,(H,36,37,42). The molecule has 0 radical (unpaired) electrons. The fourth-order valence-corrected chi connectivity index (χ4v) is 6.36. The van der Waals surface area contributed by atoms with Gasteiger partial charge in [-0.3, -0.25) is 19.7 Å². The molecule has 230 valence electrons. The van der Waals surface area contributed by atoms with Crippen LogP contribution in [-0.4, -0.2) is 75.0 Å². The van der Waals surface area contributed by atoms with Crippen molar-refractivity contribution < 1.29 is 19.1 Å². The summed E-state index contributed by atoms with van der Waals surface area (Å²) in [5.74, 6) is -0.141. The molecule has 11 nitrogen and oxygen atoms in total. The molecule has 0 bridgehead atoms. The summed E-state index contributed by atoms with van der Waals surface area (Å²) in [6, 6.07) is 16.3. The van der Waals surface area contributed by atoms with Crippen LogP contribution in [0, 0.1) is 6.92 Å². The van der Waals surface area contributed by atoms with Crippen molar-refractivity contribution in [1.82, 2.24) is 24.4 Å². The Kier molecular flexibility index (Phi) is 8.56. The predicted molar refractivity (Wildman–Crippen MR) is 174 cm³/mol. The maximum absolute atomic E-state index is 14.1. The van der Waals surface area contributed by atoms with Crippen LogP contribution in [0.1, 0.15) is 38.2 Å². The number of aromatic nitrogens is 4. The molecule has 3 aromatic heterocycles.